The molecule has 0 fully saturated rings. The van der Waals surface area contributed by atoms with Crippen molar-refractivity contribution in [2.24, 2.45) is 7.05 Å². The van der Waals surface area contributed by atoms with Crippen LogP contribution in [-0.2, 0) is 7.05 Å². The summed E-state index contributed by atoms with van der Waals surface area (Å²) in [5.74, 6) is 0. The number of nitrogen functional groups attached to an aromatic ring is 1. The van der Waals surface area contributed by atoms with Crippen LogP contribution in [0.4, 0.5) is 5.69 Å². The molecule has 0 spiro atoms. The molecule has 0 amide bonds. The Morgan fingerprint density at radius 1 is 1.40 bits per heavy atom. The van der Waals surface area contributed by atoms with Crippen LogP contribution in [0.15, 0.2) is 34.6 Å². The highest BCUT2D eigenvalue weighted by atomic mass is 32.2. The first-order chi connectivity index (χ1) is 7.15. The summed E-state index contributed by atoms with van der Waals surface area (Å²) in [7, 11) is 1.89. The Morgan fingerprint density at radius 3 is 2.80 bits per heavy atom. The Labute approximate surface area is 92.5 Å². The summed E-state index contributed by atoms with van der Waals surface area (Å²) in [5, 5.41) is 4.98. The largest absolute Gasteiger partial charge is 0.398 e. The van der Waals surface area contributed by atoms with E-state index in [2.05, 4.69) is 10.1 Å². The molecule has 0 aromatic carbocycles. The minimum atomic E-state index is 0.774. The predicted molar refractivity (Wildman–Crippen MR) is 60.7 cm³/mol. The van der Waals surface area contributed by atoms with Crippen LogP contribution >= 0.6 is 11.8 Å². The van der Waals surface area contributed by atoms with Crippen molar-refractivity contribution in [1.29, 1.82) is 0 Å². The average Bonchev–Trinajstić information content (AvgIpc) is 2.58. The fourth-order valence-corrected chi connectivity index (χ4v) is 1.99. The molecular formula is C10H12N4S. The first-order valence-electron chi connectivity index (χ1n) is 4.54. The maximum absolute atomic E-state index is 5.81. The second-order valence-electron chi connectivity index (χ2n) is 3.33. The van der Waals surface area contributed by atoms with Gasteiger partial charge in [-0.15, -0.1) is 0 Å². The number of pyridine rings is 1. The summed E-state index contributed by atoms with van der Waals surface area (Å²) < 4.78 is 1.76. The zero-order valence-corrected chi connectivity index (χ0v) is 9.45. The Kier molecular flexibility index (Phi) is 2.64. The number of hydrogen-bond acceptors (Lipinski definition) is 4. The molecule has 0 aliphatic heterocycles. The molecule has 5 heteroatoms. The lowest BCUT2D eigenvalue weighted by Crippen LogP contribution is -1.91. The summed E-state index contributed by atoms with van der Waals surface area (Å²) in [6.45, 7) is 1.95. The number of nitrogens with two attached hydrogens (primary N) is 1. The van der Waals surface area contributed by atoms with Gasteiger partial charge in [-0.2, -0.15) is 5.10 Å². The zero-order chi connectivity index (χ0) is 10.8. The molecule has 4 nitrogen and oxygen atoms in total. The van der Waals surface area contributed by atoms with Crippen LogP contribution in [-0.4, -0.2) is 14.8 Å². The van der Waals surface area contributed by atoms with Crippen LogP contribution in [0.3, 0.4) is 0 Å². The van der Waals surface area contributed by atoms with Gasteiger partial charge in [0.2, 0.25) is 0 Å². The van der Waals surface area contributed by atoms with Crippen molar-refractivity contribution in [3.8, 4) is 0 Å². The topological polar surface area (TPSA) is 56.7 Å². The minimum Gasteiger partial charge on any atom is -0.398 e. The molecule has 0 aliphatic carbocycles. The molecule has 0 atom stereocenters. The molecule has 78 valence electrons. The van der Waals surface area contributed by atoms with Gasteiger partial charge < -0.3 is 5.73 Å². The van der Waals surface area contributed by atoms with E-state index in [0.717, 1.165) is 21.2 Å². The highest BCUT2D eigenvalue weighted by Crippen LogP contribution is 2.27. The van der Waals surface area contributed by atoms with Crippen molar-refractivity contribution >= 4 is 17.4 Å². The molecule has 2 N–H and O–H groups in total. The van der Waals surface area contributed by atoms with E-state index in [-0.39, 0.29) is 0 Å². The molecule has 0 saturated carbocycles. The van der Waals surface area contributed by atoms with E-state index in [4.69, 9.17) is 5.73 Å². The molecule has 0 bridgehead atoms. The van der Waals surface area contributed by atoms with Gasteiger partial charge in [0.25, 0.3) is 0 Å². The Morgan fingerprint density at radius 2 is 2.20 bits per heavy atom. The van der Waals surface area contributed by atoms with Gasteiger partial charge in [-0.3, -0.25) is 4.68 Å². The van der Waals surface area contributed by atoms with Crippen molar-refractivity contribution in [2.75, 3.05) is 5.73 Å². The molecule has 0 saturated heterocycles. The molecule has 2 aromatic heterocycles. The number of anilines is 1. The van der Waals surface area contributed by atoms with Crippen LogP contribution in [0.2, 0.25) is 0 Å². The molecule has 0 radical (unpaired) electrons. The summed E-state index contributed by atoms with van der Waals surface area (Å²) in [6, 6.07) is 1.88. The lowest BCUT2D eigenvalue weighted by atomic mass is 10.3. The first kappa shape index (κ1) is 10.0. The van der Waals surface area contributed by atoms with Gasteiger partial charge in [0, 0.05) is 25.1 Å². The van der Waals surface area contributed by atoms with Crippen LogP contribution in [0, 0.1) is 6.92 Å². The van der Waals surface area contributed by atoms with E-state index in [1.165, 1.54) is 0 Å². The molecule has 0 unspecified atom stereocenters. The Hall–Kier alpha value is -1.49. The van der Waals surface area contributed by atoms with Crippen molar-refractivity contribution < 1.29 is 0 Å². The molecule has 2 rings (SSSR count). The smallest absolute Gasteiger partial charge is 0.103 e. The third-order valence-corrected chi connectivity index (χ3v) is 2.90. The SMILES string of the molecule is Cc1cnc(Sc2cnn(C)c2)cc1N. The number of aryl methyl sites for hydroxylation is 2. The average molecular weight is 220 g/mol. The number of nitrogens with zero attached hydrogens (tertiary/aromatic N) is 3. The summed E-state index contributed by atoms with van der Waals surface area (Å²) >= 11 is 1.56. The fourth-order valence-electron chi connectivity index (χ4n) is 1.15. The third-order valence-electron chi connectivity index (χ3n) is 2.02. The molecular weight excluding hydrogens is 208 g/mol. The van der Waals surface area contributed by atoms with E-state index < -0.39 is 0 Å². The van der Waals surface area contributed by atoms with E-state index >= 15 is 0 Å². The number of hydrogen-bond donors (Lipinski definition) is 1. The lowest BCUT2D eigenvalue weighted by molar-refractivity contribution is 0.766. The highest BCUT2D eigenvalue weighted by molar-refractivity contribution is 7.99. The van der Waals surface area contributed by atoms with Crippen molar-refractivity contribution in [1.82, 2.24) is 14.8 Å². The van der Waals surface area contributed by atoms with Gasteiger partial charge in [-0.1, -0.05) is 11.8 Å². The summed E-state index contributed by atoms with van der Waals surface area (Å²) in [4.78, 5) is 5.35. The lowest BCUT2D eigenvalue weighted by Gasteiger charge is -2.01. The van der Waals surface area contributed by atoms with Crippen LogP contribution in [0.5, 0.6) is 0 Å². The third kappa shape index (κ3) is 2.30. The van der Waals surface area contributed by atoms with Crippen LogP contribution < -0.4 is 5.73 Å². The van der Waals surface area contributed by atoms with E-state index in [1.54, 1.807) is 22.6 Å². The van der Waals surface area contributed by atoms with Gasteiger partial charge in [-0.25, -0.2) is 4.98 Å². The van der Waals surface area contributed by atoms with Gasteiger partial charge >= 0.3 is 0 Å². The zero-order valence-electron chi connectivity index (χ0n) is 8.64. The van der Waals surface area contributed by atoms with Gasteiger partial charge in [0.05, 0.1) is 11.1 Å². The monoisotopic (exact) mass is 220 g/mol. The first-order valence-corrected chi connectivity index (χ1v) is 5.35. The maximum Gasteiger partial charge on any atom is 0.103 e. The van der Waals surface area contributed by atoms with Crippen molar-refractivity contribution in [3.63, 3.8) is 0 Å². The normalized spacial score (nSPS) is 10.5. The van der Waals surface area contributed by atoms with Crippen molar-refractivity contribution in [2.45, 2.75) is 16.8 Å². The maximum atomic E-state index is 5.81. The minimum absolute atomic E-state index is 0.774. The molecule has 2 aromatic rings. The standard InChI is InChI=1S/C10H12N4S/c1-7-4-12-10(3-9(7)11)15-8-5-13-14(2)6-8/h3-6H,1-2H3,(H2,11,12). The molecule has 15 heavy (non-hydrogen) atoms. The van der Waals surface area contributed by atoms with Crippen LogP contribution in [0.25, 0.3) is 0 Å². The fraction of sp³-hybridized carbons (Fsp3) is 0.200. The number of rotatable bonds is 2. The predicted octanol–water partition coefficient (Wildman–Crippen LogP) is 1.86. The summed E-state index contributed by atoms with van der Waals surface area (Å²) in [5.41, 5.74) is 7.58. The van der Waals surface area contributed by atoms with Gasteiger partial charge in [0.1, 0.15) is 5.03 Å². The quantitative estimate of drug-likeness (QED) is 0.839. The van der Waals surface area contributed by atoms with Gasteiger partial charge in [-0.05, 0) is 18.6 Å². The van der Waals surface area contributed by atoms with Gasteiger partial charge in [0.15, 0.2) is 0 Å². The van der Waals surface area contributed by atoms with Crippen LogP contribution in [0.1, 0.15) is 5.56 Å². The van der Waals surface area contributed by atoms with E-state index in [9.17, 15) is 0 Å². The van der Waals surface area contributed by atoms with E-state index in [0.29, 0.717) is 0 Å². The van der Waals surface area contributed by atoms with E-state index in [1.807, 2.05) is 32.4 Å². The van der Waals surface area contributed by atoms with Crippen molar-refractivity contribution in [3.05, 3.63) is 30.2 Å². The molecule has 2 heterocycles. The Bertz CT molecular complexity index is 478. The second kappa shape index (κ2) is 3.94. The number of aromatic nitrogens is 3. The Balaban J connectivity index is 2.21. The summed E-state index contributed by atoms with van der Waals surface area (Å²) in [6.07, 6.45) is 5.54. The second-order valence-corrected chi connectivity index (χ2v) is 4.42. The highest BCUT2D eigenvalue weighted by Gasteiger charge is 2.02. The molecule has 0 aliphatic rings.